The fraction of sp³-hybridized carbons (Fsp3) is 0.125. The van der Waals surface area contributed by atoms with E-state index in [2.05, 4.69) is 20.5 Å². The lowest BCUT2D eigenvalue weighted by Crippen LogP contribution is -2.14. The molecule has 134 valence electrons. The van der Waals surface area contributed by atoms with Crippen LogP contribution in [0.25, 0.3) is 11.4 Å². The van der Waals surface area contributed by atoms with E-state index in [0.29, 0.717) is 31.7 Å². The van der Waals surface area contributed by atoms with Crippen LogP contribution in [0, 0.1) is 0 Å². The number of benzene rings is 1. The second-order valence-corrected chi connectivity index (χ2v) is 7.35. The highest BCUT2D eigenvalue weighted by Gasteiger charge is 2.14. The molecule has 0 saturated heterocycles. The zero-order valence-electron chi connectivity index (χ0n) is 13.4. The maximum absolute atomic E-state index is 12.2. The number of pyridine rings is 1. The fourth-order valence-electron chi connectivity index (χ4n) is 2.12. The monoisotopic (exact) mass is 427 g/mol. The topological polar surface area (TPSA) is 72.7 Å². The normalized spacial score (nSPS) is 10.8. The van der Waals surface area contributed by atoms with Crippen LogP contribution in [-0.2, 0) is 11.8 Å². The molecule has 0 aliphatic carbocycles. The van der Waals surface area contributed by atoms with Crippen molar-refractivity contribution in [2.24, 2.45) is 7.05 Å². The average Bonchev–Trinajstić information content (AvgIpc) is 2.99. The summed E-state index contributed by atoms with van der Waals surface area (Å²) < 4.78 is 1.81. The summed E-state index contributed by atoms with van der Waals surface area (Å²) in [6.07, 6.45) is 3.39. The third-order valence-corrected chi connectivity index (χ3v) is 5.43. The number of anilines is 1. The molecule has 3 aromatic rings. The number of halogens is 3. The molecule has 0 bridgehead atoms. The van der Waals surface area contributed by atoms with E-state index in [1.807, 2.05) is 19.2 Å². The molecular weight excluding hydrogens is 417 g/mol. The summed E-state index contributed by atoms with van der Waals surface area (Å²) in [5, 5.41) is 12.5. The van der Waals surface area contributed by atoms with Gasteiger partial charge in [0.1, 0.15) is 0 Å². The van der Waals surface area contributed by atoms with Crippen molar-refractivity contribution in [3.63, 3.8) is 0 Å². The predicted octanol–water partition coefficient (Wildman–Crippen LogP) is 4.57. The van der Waals surface area contributed by atoms with E-state index in [1.54, 1.807) is 17.0 Å². The second kappa shape index (κ2) is 8.26. The first-order chi connectivity index (χ1) is 12.5. The highest BCUT2D eigenvalue weighted by molar-refractivity contribution is 7.99. The molecule has 0 atom stereocenters. The van der Waals surface area contributed by atoms with Gasteiger partial charge in [-0.2, -0.15) is 0 Å². The van der Waals surface area contributed by atoms with Crippen molar-refractivity contribution in [2.75, 3.05) is 11.1 Å². The average molecular weight is 429 g/mol. The lowest BCUT2D eigenvalue weighted by atomic mass is 10.3. The predicted molar refractivity (Wildman–Crippen MR) is 105 cm³/mol. The Morgan fingerprint density at radius 2 is 1.96 bits per heavy atom. The van der Waals surface area contributed by atoms with Crippen LogP contribution in [0.5, 0.6) is 0 Å². The molecule has 1 amide bonds. The Balaban J connectivity index is 1.66. The fourth-order valence-corrected chi connectivity index (χ4v) is 3.43. The molecular formula is C16H12Cl3N5OS. The molecule has 0 aliphatic rings. The number of carbonyl (C=O) groups excluding carboxylic acids is 1. The Morgan fingerprint density at radius 3 is 2.69 bits per heavy atom. The lowest BCUT2D eigenvalue weighted by molar-refractivity contribution is -0.113. The molecule has 2 heterocycles. The van der Waals surface area contributed by atoms with Crippen molar-refractivity contribution >= 4 is 58.2 Å². The van der Waals surface area contributed by atoms with E-state index < -0.39 is 0 Å². The molecule has 1 N–H and O–H groups in total. The van der Waals surface area contributed by atoms with E-state index in [9.17, 15) is 4.79 Å². The quantitative estimate of drug-likeness (QED) is 0.476. The highest BCUT2D eigenvalue weighted by Crippen LogP contribution is 2.32. The molecule has 6 nitrogen and oxygen atoms in total. The van der Waals surface area contributed by atoms with E-state index >= 15 is 0 Å². The van der Waals surface area contributed by atoms with Gasteiger partial charge in [0.15, 0.2) is 11.0 Å². The third-order valence-electron chi connectivity index (χ3n) is 3.37. The molecule has 0 spiro atoms. The standard InChI is InChI=1S/C16H12Cl3N5OS/c1-24-15(9-3-2-4-20-7-9)22-23-16(24)26-8-14(25)21-13-6-11(18)10(17)5-12(13)19/h2-7H,8H2,1H3,(H,21,25). The minimum Gasteiger partial charge on any atom is -0.324 e. The van der Waals surface area contributed by atoms with Crippen molar-refractivity contribution < 1.29 is 4.79 Å². The van der Waals surface area contributed by atoms with Crippen LogP contribution in [0.1, 0.15) is 0 Å². The molecule has 0 fully saturated rings. The zero-order valence-corrected chi connectivity index (χ0v) is 16.5. The van der Waals surface area contributed by atoms with Crippen molar-refractivity contribution in [3.05, 3.63) is 51.7 Å². The Morgan fingerprint density at radius 1 is 1.19 bits per heavy atom. The number of rotatable bonds is 5. The lowest BCUT2D eigenvalue weighted by Gasteiger charge is -2.08. The van der Waals surface area contributed by atoms with Crippen molar-refractivity contribution in [3.8, 4) is 11.4 Å². The van der Waals surface area contributed by atoms with E-state index in [-0.39, 0.29) is 11.7 Å². The first-order valence-electron chi connectivity index (χ1n) is 7.32. The van der Waals surface area contributed by atoms with E-state index in [0.717, 1.165) is 5.56 Å². The number of aromatic nitrogens is 4. The number of amides is 1. The van der Waals surface area contributed by atoms with Gasteiger partial charge in [0.05, 0.1) is 26.5 Å². The van der Waals surface area contributed by atoms with Crippen LogP contribution in [0.4, 0.5) is 5.69 Å². The van der Waals surface area contributed by atoms with E-state index in [4.69, 9.17) is 34.8 Å². The van der Waals surface area contributed by atoms with Crippen LogP contribution in [0.15, 0.2) is 41.8 Å². The number of carbonyl (C=O) groups is 1. The Hall–Kier alpha value is -1.80. The van der Waals surface area contributed by atoms with E-state index in [1.165, 1.54) is 23.9 Å². The molecule has 3 rings (SSSR count). The smallest absolute Gasteiger partial charge is 0.234 e. The Kier molecular flexibility index (Phi) is 6.03. The summed E-state index contributed by atoms with van der Waals surface area (Å²) in [5.74, 6) is 0.560. The Labute approximate surface area is 168 Å². The van der Waals surface area contributed by atoms with Gasteiger partial charge in [-0.3, -0.25) is 9.78 Å². The van der Waals surface area contributed by atoms with Gasteiger partial charge in [0, 0.05) is 25.0 Å². The van der Waals surface area contributed by atoms with Crippen molar-refractivity contribution in [2.45, 2.75) is 5.16 Å². The second-order valence-electron chi connectivity index (χ2n) is 5.19. The van der Waals surface area contributed by atoms with Gasteiger partial charge >= 0.3 is 0 Å². The van der Waals surface area contributed by atoms with Gasteiger partial charge < -0.3 is 9.88 Å². The van der Waals surface area contributed by atoms with Crippen molar-refractivity contribution in [1.29, 1.82) is 0 Å². The maximum atomic E-state index is 12.2. The minimum absolute atomic E-state index is 0.135. The van der Waals surface area contributed by atoms with Crippen LogP contribution in [-0.4, -0.2) is 31.4 Å². The number of nitrogens with one attached hydrogen (secondary N) is 1. The first kappa shape index (κ1) is 19.0. The molecule has 0 unspecified atom stereocenters. The number of thioether (sulfide) groups is 1. The number of nitrogens with zero attached hydrogens (tertiary/aromatic N) is 4. The summed E-state index contributed by atoms with van der Waals surface area (Å²) in [7, 11) is 1.83. The van der Waals surface area contributed by atoms with Gasteiger partial charge in [0.25, 0.3) is 0 Å². The molecule has 1 aromatic carbocycles. The number of hydrogen-bond donors (Lipinski definition) is 1. The van der Waals surface area contributed by atoms with Gasteiger partial charge in [-0.05, 0) is 24.3 Å². The summed E-state index contributed by atoms with van der Waals surface area (Å²) in [4.78, 5) is 16.3. The largest absolute Gasteiger partial charge is 0.324 e. The van der Waals surface area contributed by atoms with Crippen LogP contribution in [0.3, 0.4) is 0 Å². The molecule has 26 heavy (non-hydrogen) atoms. The van der Waals surface area contributed by atoms with Crippen LogP contribution in [0.2, 0.25) is 15.1 Å². The Bertz CT molecular complexity index is 949. The van der Waals surface area contributed by atoms with Crippen LogP contribution >= 0.6 is 46.6 Å². The van der Waals surface area contributed by atoms with Crippen LogP contribution < -0.4 is 5.32 Å². The summed E-state index contributed by atoms with van der Waals surface area (Å²) >= 11 is 19.1. The van der Waals surface area contributed by atoms with Gasteiger partial charge in [-0.25, -0.2) is 0 Å². The molecule has 2 aromatic heterocycles. The highest BCUT2D eigenvalue weighted by atomic mass is 35.5. The minimum atomic E-state index is -0.249. The molecule has 0 saturated carbocycles. The molecule has 10 heteroatoms. The third kappa shape index (κ3) is 4.29. The number of hydrogen-bond acceptors (Lipinski definition) is 5. The zero-order chi connectivity index (χ0) is 18.7. The summed E-state index contributed by atoms with van der Waals surface area (Å²) in [5.41, 5.74) is 1.25. The first-order valence-corrected chi connectivity index (χ1v) is 9.44. The maximum Gasteiger partial charge on any atom is 0.234 e. The summed E-state index contributed by atoms with van der Waals surface area (Å²) in [6.45, 7) is 0. The van der Waals surface area contributed by atoms with Crippen molar-refractivity contribution in [1.82, 2.24) is 19.7 Å². The van der Waals surface area contributed by atoms with Gasteiger partial charge in [-0.1, -0.05) is 46.6 Å². The van der Waals surface area contributed by atoms with Gasteiger partial charge in [0.2, 0.25) is 5.91 Å². The SMILES string of the molecule is Cn1c(SCC(=O)Nc2cc(Cl)c(Cl)cc2Cl)nnc1-c1cccnc1. The summed E-state index contributed by atoms with van der Waals surface area (Å²) in [6, 6.07) is 6.71. The van der Waals surface area contributed by atoms with Gasteiger partial charge in [-0.15, -0.1) is 10.2 Å². The molecule has 0 aliphatic heterocycles. The molecule has 0 radical (unpaired) electrons.